The number of ketones is 1. The van der Waals surface area contributed by atoms with Gasteiger partial charge in [-0.25, -0.2) is 4.79 Å². The molecule has 37 nitrogen and oxygen atoms in total. The van der Waals surface area contributed by atoms with Crippen LogP contribution in [0.1, 0.15) is 94.9 Å². The maximum Gasteiger partial charge on any atom is 0.335 e. The number of carboxylic acid groups (broad SMARTS) is 1. The van der Waals surface area contributed by atoms with E-state index in [0.717, 1.165) is 0 Å². The van der Waals surface area contributed by atoms with Crippen molar-refractivity contribution in [3.8, 4) is 0 Å². The lowest BCUT2D eigenvalue weighted by molar-refractivity contribution is -0.326. The molecule has 0 bridgehead atoms. The molecule has 86 heavy (non-hydrogen) atoms. The molecule has 37 heteroatoms. The Morgan fingerprint density at radius 2 is 1.23 bits per heavy atom. The summed E-state index contributed by atoms with van der Waals surface area (Å²) < 4.78 is 47.0. The first kappa shape index (κ1) is 102. The van der Waals surface area contributed by atoms with Gasteiger partial charge in [-0.15, -0.1) is 0 Å². The first-order chi connectivity index (χ1) is 34.6. The average molecular weight is 1290 g/mol. The SMILES string of the molecule is CC[C@H]1OC(=O)[C@@H](C)[C@H](O[C@@H]2C[C@@](C)(OC)[C@@H](O)[C@H](C)O2)[C@H](C)[C@@H](O[C@@H]2O[C@H](C)C[C@H](N(C)C)[C@H]2O)[C@@](C)(O)C[C@@H](C)C(=O)[C@H](C)[C@@H](O)[C@]1(C)O.O.O.O.O.O.O.O.O.O.O.O.O=C(O)C(O)C(O)C(O[C@@H]1O[C@H](CO)[C@H](O)[C@H](O)C1O)C(O)CO. The molecule has 27 atom stereocenters. The van der Waals surface area contributed by atoms with Crippen molar-refractivity contribution in [3.05, 3.63) is 0 Å². The zero-order valence-electron chi connectivity index (χ0n) is 50.8. The number of nitrogens with zero attached hydrogens (tertiary/aromatic N) is 1. The van der Waals surface area contributed by atoms with Gasteiger partial charge in [0.2, 0.25) is 0 Å². The lowest BCUT2D eigenvalue weighted by Crippen LogP contribution is -2.61. The van der Waals surface area contributed by atoms with Crippen LogP contribution in [0.2, 0.25) is 0 Å². The van der Waals surface area contributed by atoms with Crippen molar-refractivity contribution in [3.63, 3.8) is 0 Å². The van der Waals surface area contributed by atoms with Crippen molar-refractivity contribution < 1.29 is 184 Å². The largest absolute Gasteiger partial charge is 0.479 e. The normalized spacial score (nSPS) is 39.5. The van der Waals surface area contributed by atoms with Crippen LogP contribution in [0.15, 0.2) is 0 Å². The number of likely N-dealkylation sites (N-methyl/N-ethyl adjacent to an activating group) is 1. The number of hydrogen-bond donors (Lipinski definition) is 14. The van der Waals surface area contributed by atoms with Gasteiger partial charge < -0.3 is 175 Å². The summed E-state index contributed by atoms with van der Waals surface area (Å²) in [6, 6.07) is -0.324. The van der Waals surface area contributed by atoms with Gasteiger partial charge in [0.1, 0.15) is 72.4 Å². The second-order valence-corrected chi connectivity index (χ2v) is 21.8. The van der Waals surface area contributed by atoms with E-state index in [1.165, 1.54) is 27.9 Å². The van der Waals surface area contributed by atoms with Gasteiger partial charge in [0.25, 0.3) is 0 Å². The second-order valence-electron chi connectivity index (χ2n) is 21.8. The minimum Gasteiger partial charge on any atom is -0.479 e. The Morgan fingerprint density at radius 1 is 0.709 bits per heavy atom. The average Bonchev–Trinajstić information content (AvgIpc) is 3.35. The monoisotopic (exact) mass is 1290 g/mol. The number of esters is 1. The molecule has 0 aromatic carbocycles. The standard InChI is InChI=1S/C37H67NO13.C12H22O12.11H2O/c1-14-25-37(10,45)30(41)20(4)27(39)18(2)16-35(8,44)32(51-34-28(40)24(38(11)12)15-19(3)47-34)21(5)29(22(6)33(43)49-25)50-26-17-36(9,46-13)31(42)23(7)48-26;13-1-3(15)10(7(18)8(19)11(21)22)24-12-9(20)6(17)5(16)4(2-14)23-12;;;;;;;;;;;/h18-26,28-32,34,40-42,44-45H,14-17H2,1-13H3;3-10,12-20H,1-2H2,(H,21,22);11*1H2/t18-,19-,20+,21+,22+,23+,24+,25-,26-,28-,29-,30-,31+,32-,34+,35+,36-,37-;3?,4-,5+,6+,7?,8?,9?,10?,12+;;;;;;;;;;;/m11.........../s1. The van der Waals surface area contributed by atoms with Crippen LogP contribution >= 0.6 is 0 Å². The molecule has 4 aliphatic rings. The number of carbonyl (C=O) groups is 3. The summed E-state index contributed by atoms with van der Waals surface area (Å²) in [5, 5.41) is 142. The molecule has 0 amide bonds. The molecule has 0 radical (unpaired) electrons. The molecule has 4 heterocycles. The molecule has 4 fully saturated rings. The van der Waals surface area contributed by atoms with Crippen LogP contribution in [-0.4, -0.2) is 328 Å². The Balaban J connectivity index is -0.000000209. The Kier molecular flexibility index (Phi) is 50.4. The van der Waals surface area contributed by atoms with Crippen LogP contribution < -0.4 is 0 Å². The van der Waals surface area contributed by atoms with Gasteiger partial charge in [-0.2, -0.15) is 0 Å². The molecule has 0 aromatic rings. The fraction of sp³-hybridized carbons (Fsp3) is 0.939. The van der Waals surface area contributed by atoms with E-state index in [1.807, 2.05) is 25.9 Å². The number of aliphatic hydroxyl groups is 13. The lowest BCUT2D eigenvalue weighted by Gasteiger charge is -2.49. The van der Waals surface area contributed by atoms with E-state index in [2.05, 4.69) is 0 Å². The highest BCUT2D eigenvalue weighted by molar-refractivity contribution is 5.83. The molecule has 36 N–H and O–H groups in total. The first-order valence-corrected chi connectivity index (χ1v) is 25.5. The second kappa shape index (κ2) is 42.4. The van der Waals surface area contributed by atoms with Gasteiger partial charge in [0, 0.05) is 37.3 Å². The Labute approximate surface area is 498 Å². The maximum atomic E-state index is 14.1. The van der Waals surface area contributed by atoms with Crippen LogP contribution in [0.5, 0.6) is 0 Å². The smallest absolute Gasteiger partial charge is 0.335 e. The highest BCUT2D eigenvalue weighted by atomic mass is 16.7. The predicted molar refractivity (Wildman–Crippen MR) is 297 cm³/mol. The zero-order valence-corrected chi connectivity index (χ0v) is 50.8. The number of rotatable bonds is 15. The number of aliphatic carboxylic acids is 1. The molecule has 0 aliphatic carbocycles. The van der Waals surface area contributed by atoms with Gasteiger partial charge in [0.05, 0.1) is 60.9 Å². The van der Waals surface area contributed by atoms with E-state index in [4.69, 9.17) is 53.2 Å². The van der Waals surface area contributed by atoms with Crippen LogP contribution in [0.4, 0.5) is 0 Å². The topological polar surface area (TPSA) is 758 Å². The molecule has 0 saturated carbocycles. The third-order valence-electron chi connectivity index (χ3n) is 15.4. The minimum atomic E-state index is -2.39. The molecule has 4 rings (SSSR count). The third-order valence-corrected chi connectivity index (χ3v) is 15.4. The first-order valence-electron chi connectivity index (χ1n) is 25.5. The molecule has 0 spiro atoms. The quantitative estimate of drug-likeness (QED) is 0.0677. The van der Waals surface area contributed by atoms with E-state index >= 15 is 0 Å². The zero-order chi connectivity index (χ0) is 57.6. The lowest BCUT2D eigenvalue weighted by atomic mass is 9.74. The van der Waals surface area contributed by atoms with Crippen molar-refractivity contribution in [2.45, 2.75) is 234 Å². The van der Waals surface area contributed by atoms with Gasteiger partial charge in [-0.05, 0) is 74.9 Å². The number of Topliss-reactive ketones (excluding diaryl/α,β-unsaturated/α-hetero) is 1. The number of carboxylic acids is 1. The number of hydrogen-bond acceptors (Lipinski definition) is 25. The highest BCUT2D eigenvalue weighted by Crippen LogP contribution is 2.41. The number of cyclic esters (lactones) is 1. The molecule has 5 unspecified atom stereocenters. The summed E-state index contributed by atoms with van der Waals surface area (Å²) in [4.78, 5) is 40.5. The van der Waals surface area contributed by atoms with Crippen LogP contribution in [0.3, 0.4) is 0 Å². The van der Waals surface area contributed by atoms with E-state index in [0.29, 0.717) is 6.42 Å². The summed E-state index contributed by atoms with van der Waals surface area (Å²) in [5.41, 5.74) is -4.84. The number of carbonyl (C=O) groups excluding carboxylic acids is 2. The summed E-state index contributed by atoms with van der Waals surface area (Å²) in [7, 11) is 5.18. The fourth-order valence-corrected chi connectivity index (χ4v) is 10.6. The number of ether oxygens (including phenoxy) is 8. The number of aliphatic hydroxyl groups excluding tert-OH is 11. The summed E-state index contributed by atoms with van der Waals surface area (Å²) in [6.07, 6.45) is -26.6. The van der Waals surface area contributed by atoms with Crippen molar-refractivity contribution in [2.75, 3.05) is 34.4 Å². The number of methoxy groups -OCH3 is 1. The van der Waals surface area contributed by atoms with Crippen molar-refractivity contribution in [2.24, 2.45) is 23.7 Å². The molecule has 0 aromatic heterocycles. The van der Waals surface area contributed by atoms with Crippen molar-refractivity contribution >= 4 is 17.7 Å². The summed E-state index contributed by atoms with van der Waals surface area (Å²) in [6.45, 7) is 14.6. The molecular formula is C49H111NO36. The van der Waals surface area contributed by atoms with E-state index < -0.39 is 182 Å². The predicted octanol–water partition coefficient (Wildman–Crippen LogP) is -13.0. The van der Waals surface area contributed by atoms with Gasteiger partial charge in [-0.3, -0.25) is 9.59 Å². The Bertz CT molecular complexity index is 1810. The molecular weight excluding hydrogens is 1180 g/mol. The van der Waals surface area contributed by atoms with Crippen LogP contribution in [-0.2, 0) is 52.3 Å². The Hall–Kier alpha value is -2.67. The highest BCUT2D eigenvalue weighted by Gasteiger charge is 2.54. The maximum absolute atomic E-state index is 14.1. The van der Waals surface area contributed by atoms with Gasteiger partial charge >= 0.3 is 11.9 Å². The van der Waals surface area contributed by atoms with Crippen LogP contribution in [0.25, 0.3) is 0 Å². The summed E-state index contributed by atoms with van der Waals surface area (Å²) in [5.74, 6) is -6.81. The van der Waals surface area contributed by atoms with E-state index in [9.17, 15) is 70.6 Å². The van der Waals surface area contributed by atoms with E-state index in [-0.39, 0.29) is 91.6 Å². The summed E-state index contributed by atoms with van der Waals surface area (Å²) >= 11 is 0. The molecule has 528 valence electrons. The minimum absolute atomic E-state index is 0. The van der Waals surface area contributed by atoms with E-state index in [1.54, 1.807) is 41.5 Å². The Morgan fingerprint density at radius 3 is 1.69 bits per heavy atom. The van der Waals surface area contributed by atoms with Crippen molar-refractivity contribution in [1.82, 2.24) is 4.90 Å². The van der Waals surface area contributed by atoms with Gasteiger partial charge in [-0.1, -0.05) is 27.7 Å². The molecule has 4 saturated heterocycles. The van der Waals surface area contributed by atoms with Crippen molar-refractivity contribution in [1.29, 1.82) is 0 Å². The molecule has 4 aliphatic heterocycles. The third kappa shape index (κ3) is 23.9. The van der Waals surface area contributed by atoms with Gasteiger partial charge in [0.15, 0.2) is 25.0 Å². The fourth-order valence-electron chi connectivity index (χ4n) is 10.6. The van der Waals surface area contributed by atoms with Crippen LogP contribution in [0, 0.1) is 23.7 Å².